The van der Waals surface area contributed by atoms with E-state index in [9.17, 15) is 9.59 Å². The number of nitrogens with one attached hydrogen (secondary N) is 2. The Balaban J connectivity index is 2.19. The molecule has 2 rings (SSSR count). The summed E-state index contributed by atoms with van der Waals surface area (Å²) < 4.78 is -0.128. The molecule has 7 nitrogen and oxygen atoms in total. The molecule has 0 aliphatic rings. The van der Waals surface area contributed by atoms with E-state index < -0.39 is 0 Å². The van der Waals surface area contributed by atoms with E-state index in [1.54, 1.807) is 31.3 Å². The Bertz CT molecular complexity index is 743. The van der Waals surface area contributed by atoms with Crippen molar-refractivity contribution >= 4 is 39.2 Å². The fraction of sp³-hybridized carbons (Fsp3) is 0.231. The predicted molar refractivity (Wildman–Crippen MR) is 83.8 cm³/mol. The highest BCUT2D eigenvalue weighted by Gasteiger charge is 2.14. The van der Waals surface area contributed by atoms with Crippen LogP contribution in [0.5, 0.6) is 0 Å². The average molecular weight is 305 g/mol. The summed E-state index contributed by atoms with van der Waals surface area (Å²) in [6.07, 6.45) is 0.158. The second-order valence-corrected chi connectivity index (χ2v) is 5.28. The summed E-state index contributed by atoms with van der Waals surface area (Å²) in [6.45, 7) is 0.265. The van der Waals surface area contributed by atoms with Gasteiger partial charge in [-0.1, -0.05) is 23.5 Å². The van der Waals surface area contributed by atoms with Crippen LogP contribution in [-0.4, -0.2) is 30.4 Å². The number of anilines is 1. The lowest BCUT2D eigenvalue weighted by molar-refractivity contribution is -0.118. The van der Waals surface area contributed by atoms with Crippen LogP contribution in [-0.2, 0) is 4.79 Å². The first-order chi connectivity index (χ1) is 9.99. The Labute approximate surface area is 124 Å². The maximum atomic E-state index is 12.0. The topological polar surface area (TPSA) is 112 Å². The number of carbonyl (C=O) groups is 1. The highest BCUT2D eigenvalue weighted by Crippen LogP contribution is 2.18. The molecule has 0 spiro atoms. The van der Waals surface area contributed by atoms with E-state index in [4.69, 9.17) is 11.1 Å². The number of carbonyl (C=O) groups excluding carboxylic acids is 1. The van der Waals surface area contributed by atoms with Crippen LogP contribution in [0.2, 0.25) is 0 Å². The van der Waals surface area contributed by atoms with Gasteiger partial charge in [0.15, 0.2) is 11.1 Å². The van der Waals surface area contributed by atoms with E-state index in [0.29, 0.717) is 16.0 Å². The largest absolute Gasteiger partial charge is 0.370 e. The van der Waals surface area contributed by atoms with Gasteiger partial charge < -0.3 is 11.1 Å². The number of nitrogens with two attached hydrogens (primary N) is 1. The van der Waals surface area contributed by atoms with Crippen LogP contribution in [0.15, 0.2) is 29.1 Å². The standard InChI is InChI=1S/C13H15N5O2S/c1-18(10(19)6-7-16-12(14)15)13-17-9-5-3-2-4-8(9)11(20)21-13/h2-5H,6-7H2,1H3,(H4,14,15,16). The highest BCUT2D eigenvalue weighted by atomic mass is 32.1. The van der Waals surface area contributed by atoms with Crippen LogP contribution in [0.4, 0.5) is 5.13 Å². The molecular weight excluding hydrogens is 290 g/mol. The van der Waals surface area contributed by atoms with Gasteiger partial charge in [0.1, 0.15) is 0 Å². The minimum Gasteiger partial charge on any atom is -0.370 e. The minimum atomic E-state index is -0.206. The SMILES string of the molecule is CN(C(=O)CCNC(=N)N)c1nc2ccccc2c(=O)s1. The third kappa shape index (κ3) is 3.54. The molecule has 2 aromatic rings. The van der Waals surface area contributed by atoms with E-state index in [1.807, 2.05) is 0 Å². The zero-order chi connectivity index (χ0) is 15.4. The Hall–Kier alpha value is -2.48. The first kappa shape index (κ1) is 14.9. The summed E-state index contributed by atoms with van der Waals surface area (Å²) in [4.78, 5) is 29.7. The number of rotatable bonds is 4. The maximum absolute atomic E-state index is 12.0. The molecule has 110 valence electrons. The first-order valence-corrected chi connectivity index (χ1v) is 7.05. The van der Waals surface area contributed by atoms with Gasteiger partial charge in [0.2, 0.25) is 10.6 Å². The van der Waals surface area contributed by atoms with Gasteiger partial charge in [0, 0.05) is 20.0 Å². The zero-order valence-electron chi connectivity index (χ0n) is 11.4. The van der Waals surface area contributed by atoms with Crippen LogP contribution in [0.25, 0.3) is 10.9 Å². The monoisotopic (exact) mass is 305 g/mol. The van der Waals surface area contributed by atoms with Crippen LogP contribution in [0, 0.1) is 5.41 Å². The number of aromatic nitrogens is 1. The lowest BCUT2D eigenvalue weighted by atomic mass is 10.3. The number of amides is 1. The smallest absolute Gasteiger partial charge is 0.245 e. The molecule has 4 N–H and O–H groups in total. The van der Waals surface area contributed by atoms with Crippen molar-refractivity contribution in [2.45, 2.75) is 6.42 Å². The molecule has 1 amide bonds. The quantitative estimate of drug-likeness (QED) is 0.562. The van der Waals surface area contributed by atoms with Gasteiger partial charge in [-0.15, -0.1) is 0 Å². The van der Waals surface area contributed by atoms with Gasteiger partial charge in [-0.25, -0.2) is 4.98 Å². The van der Waals surface area contributed by atoms with E-state index in [-0.39, 0.29) is 29.6 Å². The second kappa shape index (κ2) is 6.31. The zero-order valence-corrected chi connectivity index (χ0v) is 12.2. The third-order valence-electron chi connectivity index (χ3n) is 2.84. The lowest BCUT2D eigenvalue weighted by Gasteiger charge is -2.15. The summed E-state index contributed by atoms with van der Waals surface area (Å²) in [5.41, 5.74) is 5.71. The van der Waals surface area contributed by atoms with Crippen molar-refractivity contribution < 1.29 is 4.79 Å². The van der Waals surface area contributed by atoms with Gasteiger partial charge in [-0.05, 0) is 12.1 Å². The summed E-state index contributed by atoms with van der Waals surface area (Å²) in [7, 11) is 1.57. The number of guanidine groups is 1. The molecule has 1 heterocycles. The number of nitrogens with zero attached hydrogens (tertiary/aromatic N) is 2. The molecule has 0 radical (unpaired) electrons. The number of hydrogen-bond acceptors (Lipinski definition) is 5. The molecule has 0 bridgehead atoms. The van der Waals surface area contributed by atoms with Crippen LogP contribution >= 0.6 is 11.3 Å². The van der Waals surface area contributed by atoms with E-state index in [0.717, 1.165) is 11.3 Å². The third-order valence-corrected chi connectivity index (χ3v) is 3.79. The number of benzene rings is 1. The van der Waals surface area contributed by atoms with Crippen LogP contribution in [0.1, 0.15) is 6.42 Å². The Morgan fingerprint density at radius 2 is 2.19 bits per heavy atom. The summed E-state index contributed by atoms with van der Waals surface area (Å²) in [5.74, 6) is -0.388. The Morgan fingerprint density at radius 1 is 1.48 bits per heavy atom. The molecule has 0 saturated heterocycles. The fourth-order valence-corrected chi connectivity index (χ4v) is 2.56. The molecule has 0 unspecified atom stereocenters. The molecule has 0 fully saturated rings. The maximum Gasteiger partial charge on any atom is 0.245 e. The van der Waals surface area contributed by atoms with Gasteiger partial charge in [0.25, 0.3) is 0 Å². The minimum absolute atomic E-state index is 0.128. The van der Waals surface area contributed by atoms with Crippen molar-refractivity contribution in [3.63, 3.8) is 0 Å². The predicted octanol–water partition coefficient (Wildman–Crippen LogP) is 0.492. The summed E-state index contributed by atoms with van der Waals surface area (Å²) >= 11 is 0.934. The van der Waals surface area contributed by atoms with Crippen molar-refractivity contribution in [2.75, 3.05) is 18.5 Å². The average Bonchev–Trinajstić information content (AvgIpc) is 2.46. The fourth-order valence-electron chi connectivity index (χ4n) is 1.73. The molecule has 0 aliphatic heterocycles. The number of fused-ring (bicyclic) bond motifs is 1. The molecule has 0 aliphatic carbocycles. The summed E-state index contributed by atoms with van der Waals surface area (Å²) in [6, 6.07) is 7.02. The second-order valence-electron chi connectivity index (χ2n) is 4.34. The van der Waals surface area contributed by atoms with Gasteiger partial charge in [-0.3, -0.25) is 19.9 Å². The highest BCUT2D eigenvalue weighted by molar-refractivity contribution is 7.13. The Kier molecular flexibility index (Phi) is 4.49. The Morgan fingerprint density at radius 3 is 2.90 bits per heavy atom. The normalized spacial score (nSPS) is 10.3. The lowest BCUT2D eigenvalue weighted by Crippen LogP contribution is -2.35. The molecule has 0 saturated carbocycles. The van der Waals surface area contributed by atoms with Crippen molar-refractivity contribution in [3.05, 3.63) is 33.8 Å². The van der Waals surface area contributed by atoms with Crippen molar-refractivity contribution in [1.29, 1.82) is 5.41 Å². The number of para-hydroxylation sites is 1. The van der Waals surface area contributed by atoms with Crippen LogP contribution in [0.3, 0.4) is 0 Å². The van der Waals surface area contributed by atoms with Gasteiger partial charge in [0.05, 0.1) is 10.9 Å². The van der Waals surface area contributed by atoms with E-state index >= 15 is 0 Å². The van der Waals surface area contributed by atoms with Crippen molar-refractivity contribution in [2.24, 2.45) is 5.73 Å². The van der Waals surface area contributed by atoms with E-state index in [1.165, 1.54) is 4.90 Å². The van der Waals surface area contributed by atoms with Gasteiger partial charge >= 0.3 is 0 Å². The van der Waals surface area contributed by atoms with Crippen LogP contribution < -0.4 is 20.7 Å². The molecule has 21 heavy (non-hydrogen) atoms. The molecule has 1 aromatic carbocycles. The molecule has 8 heteroatoms. The van der Waals surface area contributed by atoms with Gasteiger partial charge in [-0.2, -0.15) is 0 Å². The van der Waals surface area contributed by atoms with Crippen molar-refractivity contribution in [3.8, 4) is 0 Å². The van der Waals surface area contributed by atoms with E-state index in [2.05, 4.69) is 10.3 Å². The van der Waals surface area contributed by atoms with Crippen molar-refractivity contribution in [1.82, 2.24) is 10.3 Å². The molecule has 1 aromatic heterocycles. The first-order valence-electron chi connectivity index (χ1n) is 6.23. The molecular formula is C13H15N5O2S. The summed E-state index contributed by atoms with van der Waals surface area (Å²) in [5, 5.41) is 10.5. The molecule has 0 atom stereocenters. The number of hydrogen-bond donors (Lipinski definition) is 3.